The molecule has 1 N–H and O–H groups in total. The Morgan fingerprint density at radius 1 is 1.55 bits per heavy atom. The van der Waals surface area contributed by atoms with Gasteiger partial charge >= 0.3 is 6.03 Å². The lowest BCUT2D eigenvalue weighted by molar-refractivity contribution is 0.196. The van der Waals surface area contributed by atoms with E-state index in [2.05, 4.69) is 17.3 Å². The molecule has 0 bridgehead atoms. The van der Waals surface area contributed by atoms with E-state index in [1.807, 2.05) is 36.0 Å². The molecule has 0 aliphatic carbocycles. The molecule has 2 aromatic heterocycles. The van der Waals surface area contributed by atoms with E-state index in [0.29, 0.717) is 25.6 Å². The summed E-state index contributed by atoms with van der Waals surface area (Å²) in [6.45, 7) is 6.74. The van der Waals surface area contributed by atoms with Gasteiger partial charge in [-0.25, -0.2) is 4.79 Å². The van der Waals surface area contributed by atoms with Crippen LogP contribution in [0.4, 0.5) is 4.79 Å². The summed E-state index contributed by atoms with van der Waals surface area (Å²) in [4.78, 5) is 15.1. The molecule has 1 unspecified atom stereocenters. The molecule has 2 rings (SSSR count). The van der Waals surface area contributed by atoms with Crippen molar-refractivity contribution in [2.45, 2.75) is 26.9 Å². The van der Waals surface area contributed by atoms with Gasteiger partial charge in [0.25, 0.3) is 0 Å². The molecule has 2 aromatic rings. The summed E-state index contributed by atoms with van der Waals surface area (Å²) in [6, 6.07) is 5.68. The number of amides is 2. The third-order valence-electron chi connectivity index (χ3n) is 3.30. The number of rotatable bonds is 7. The normalized spacial score (nSPS) is 12.1. The van der Waals surface area contributed by atoms with Crippen molar-refractivity contribution in [3.8, 4) is 0 Å². The molecular weight excluding hydrogens is 320 g/mol. The summed E-state index contributed by atoms with van der Waals surface area (Å²) in [5, 5.41) is 7.17. The molecule has 0 spiro atoms. The molecule has 0 aliphatic rings. The first kappa shape index (κ1) is 16.8. The summed E-state index contributed by atoms with van der Waals surface area (Å²) >= 11 is 7.44. The second kappa shape index (κ2) is 8.19. The highest BCUT2D eigenvalue weighted by Gasteiger charge is 2.14. The minimum atomic E-state index is -0.0423. The lowest BCUT2D eigenvalue weighted by Crippen LogP contribution is -2.41. The van der Waals surface area contributed by atoms with Crippen LogP contribution in [-0.2, 0) is 13.1 Å². The van der Waals surface area contributed by atoms with Gasteiger partial charge in [0.15, 0.2) is 0 Å². The minimum Gasteiger partial charge on any atom is -0.338 e. The highest BCUT2D eigenvalue weighted by atomic mass is 35.5. The van der Waals surface area contributed by atoms with E-state index < -0.39 is 0 Å². The first-order valence-electron chi connectivity index (χ1n) is 7.33. The fourth-order valence-corrected chi connectivity index (χ4v) is 3.22. The lowest BCUT2D eigenvalue weighted by Gasteiger charge is -2.22. The molecule has 2 heterocycles. The van der Waals surface area contributed by atoms with E-state index in [0.717, 1.165) is 15.8 Å². The zero-order chi connectivity index (χ0) is 15.9. The standard InChI is InChI=1S/C15H21ClN4OS/c1-3-19(11-13-5-6-14(16)22-13)15(21)17-9-12(2)10-20-8-4-7-18-20/h4-8,12H,3,9-11H2,1-2H3,(H,17,21). The molecule has 0 saturated carbocycles. The summed E-state index contributed by atoms with van der Waals surface area (Å²) in [5.41, 5.74) is 0. The van der Waals surface area contributed by atoms with Crippen LogP contribution < -0.4 is 5.32 Å². The fourth-order valence-electron chi connectivity index (χ4n) is 2.12. The maximum absolute atomic E-state index is 12.3. The maximum Gasteiger partial charge on any atom is 0.317 e. The average Bonchev–Trinajstić information content (AvgIpc) is 3.14. The van der Waals surface area contributed by atoms with Gasteiger partial charge in [0, 0.05) is 36.9 Å². The Labute approximate surface area is 139 Å². The molecule has 0 saturated heterocycles. The van der Waals surface area contributed by atoms with Crippen LogP contribution in [0.25, 0.3) is 0 Å². The molecule has 2 amide bonds. The van der Waals surface area contributed by atoms with E-state index in [4.69, 9.17) is 11.6 Å². The molecule has 0 aliphatic heterocycles. The van der Waals surface area contributed by atoms with E-state index in [-0.39, 0.29) is 6.03 Å². The molecule has 0 aromatic carbocycles. The summed E-state index contributed by atoms with van der Waals surface area (Å²) < 4.78 is 2.63. The Morgan fingerprint density at radius 2 is 2.36 bits per heavy atom. The van der Waals surface area contributed by atoms with Gasteiger partial charge in [0.1, 0.15) is 0 Å². The number of carbonyl (C=O) groups excluding carboxylic acids is 1. The van der Waals surface area contributed by atoms with Gasteiger partial charge in [-0.2, -0.15) is 5.10 Å². The van der Waals surface area contributed by atoms with Gasteiger partial charge in [-0.15, -0.1) is 11.3 Å². The number of halogens is 1. The Bertz CT molecular complexity index is 584. The van der Waals surface area contributed by atoms with Crippen molar-refractivity contribution in [2.75, 3.05) is 13.1 Å². The number of nitrogens with zero attached hydrogens (tertiary/aromatic N) is 3. The number of hydrogen-bond acceptors (Lipinski definition) is 3. The van der Waals surface area contributed by atoms with Gasteiger partial charge in [0.05, 0.1) is 10.9 Å². The molecule has 0 fully saturated rings. The number of carbonyl (C=O) groups is 1. The Morgan fingerprint density at radius 3 is 2.95 bits per heavy atom. The maximum atomic E-state index is 12.3. The van der Waals surface area contributed by atoms with Crippen LogP contribution in [-0.4, -0.2) is 33.8 Å². The Balaban J connectivity index is 1.79. The largest absolute Gasteiger partial charge is 0.338 e. The van der Waals surface area contributed by atoms with Crippen molar-refractivity contribution in [3.05, 3.63) is 39.8 Å². The fraction of sp³-hybridized carbons (Fsp3) is 0.467. The molecule has 5 nitrogen and oxygen atoms in total. The minimum absolute atomic E-state index is 0.0423. The number of thiophene rings is 1. The zero-order valence-corrected chi connectivity index (χ0v) is 14.4. The molecule has 7 heteroatoms. The van der Waals surface area contributed by atoms with Gasteiger partial charge in [-0.3, -0.25) is 4.68 Å². The average molecular weight is 341 g/mol. The Kier molecular flexibility index (Phi) is 6.27. The van der Waals surface area contributed by atoms with E-state index in [1.165, 1.54) is 11.3 Å². The zero-order valence-electron chi connectivity index (χ0n) is 12.8. The van der Waals surface area contributed by atoms with Crippen LogP contribution in [0.5, 0.6) is 0 Å². The Hall–Kier alpha value is -1.53. The summed E-state index contributed by atoms with van der Waals surface area (Å²) in [6.07, 6.45) is 3.69. The first-order valence-corrected chi connectivity index (χ1v) is 8.52. The van der Waals surface area contributed by atoms with Gasteiger partial charge in [0.2, 0.25) is 0 Å². The second-order valence-electron chi connectivity index (χ2n) is 5.24. The predicted molar refractivity (Wildman–Crippen MR) is 90.2 cm³/mol. The van der Waals surface area contributed by atoms with E-state index >= 15 is 0 Å². The van der Waals surface area contributed by atoms with Crippen molar-refractivity contribution in [1.29, 1.82) is 0 Å². The van der Waals surface area contributed by atoms with Crippen LogP contribution in [0.2, 0.25) is 4.34 Å². The molecule has 120 valence electrons. The highest BCUT2D eigenvalue weighted by Crippen LogP contribution is 2.22. The van der Waals surface area contributed by atoms with Gasteiger partial charge < -0.3 is 10.2 Å². The lowest BCUT2D eigenvalue weighted by atomic mass is 10.2. The van der Waals surface area contributed by atoms with Gasteiger partial charge in [-0.1, -0.05) is 18.5 Å². The smallest absolute Gasteiger partial charge is 0.317 e. The molecular formula is C15H21ClN4OS. The van der Waals surface area contributed by atoms with E-state index in [1.54, 1.807) is 11.1 Å². The predicted octanol–water partition coefficient (Wildman–Crippen LogP) is 3.47. The SMILES string of the molecule is CCN(Cc1ccc(Cl)s1)C(=O)NCC(C)Cn1cccn1. The van der Waals surface area contributed by atoms with Crippen molar-refractivity contribution >= 4 is 29.0 Å². The van der Waals surface area contributed by atoms with E-state index in [9.17, 15) is 4.79 Å². The third-order valence-corrected chi connectivity index (χ3v) is 4.52. The second-order valence-corrected chi connectivity index (χ2v) is 7.04. The van der Waals surface area contributed by atoms with Crippen molar-refractivity contribution in [3.63, 3.8) is 0 Å². The monoisotopic (exact) mass is 340 g/mol. The number of hydrogen-bond donors (Lipinski definition) is 1. The molecule has 0 radical (unpaired) electrons. The van der Waals surface area contributed by atoms with Crippen LogP contribution in [0.3, 0.4) is 0 Å². The number of nitrogens with one attached hydrogen (secondary N) is 1. The van der Waals surface area contributed by atoms with Gasteiger partial charge in [-0.05, 0) is 31.0 Å². The number of aromatic nitrogens is 2. The number of urea groups is 1. The summed E-state index contributed by atoms with van der Waals surface area (Å²) in [7, 11) is 0. The van der Waals surface area contributed by atoms with Crippen LogP contribution in [0.15, 0.2) is 30.6 Å². The van der Waals surface area contributed by atoms with Crippen LogP contribution in [0.1, 0.15) is 18.7 Å². The first-order chi connectivity index (χ1) is 10.6. The molecule has 22 heavy (non-hydrogen) atoms. The van der Waals surface area contributed by atoms with Crippen molar-refractivity contribution in [2.24, 2.45) is 5.92 Å². The van der Waals surface area contributed by atoms with Crippen molar-refractivity contribution in [1.82, 2.24) is 20.0 Å². The quantitative estimate of drug-likeness (QED) is 0.839. The third kappa shape index (κ3) is 5.03. The highest BCUT2D eigenvalue weighted by molar-refractivity contribution is 7.16. The topological polar surface area (TPSA) is 50.2 Å². The van der Waals surface area contributed by atoms with Crippen LogP contribution in [0, 0.1) is 5.92 Å². The van der Waals surface area contributed by atoms with Crippen molar-refractivity contribution < 1.29 is 4.79 Å². The summed E-state index contributed by atoms with van der Waals surface area (Å²) in [5.74, 6) is 0.318. The molecule has 1 atom stereocenters. The van der Waals surface area contributed by atoms with Crippen LogP contribution >= 0.6 is 22.9 Å².